The number of aromatic amines is 1. The molecule has 4 aromatic rings. The summed E-state index contributed by atoms with van der Waals surface area (Å²) in [7, 11) is 4.10. The Balaban J connectivity index is 1.12. The van der Waals surface area contributed by atoms with Gasteiger partial charge in [-0.15, -0.1) is 0 Å². The molecule has 3 heterocycles. The quantitative estimate of drug-likeness (QED) is 0.198. The first-order valence-electron chi connectivity index (χ1n) is 17.6. The second-order valence-corrected chi connectivity index (χ2v) is 14.6. The zero-order valence-corrected chi connectivity index (χ0v) is 29.6. The lowest BCUT2D eigenvalue weighted by Crippen LogP contribution is -2.53. The van der Waals surface area contributed by atoms with Crippen LogP contribution in [0.25, 0.3) is 10.9 Å². The molecule has 3 amide bonds. The van der Waals surface area contributed by atoms with E-state index in [-0.39, 0.29) is 23.6 Å². The number of nitrogens with zero attached hydrogens (tertiary/aromatic N) is 3. The number of anilines is 1. The molecular weight excluding hydrogens is 634 g/mol. The fourth-order valence-electron chi connectivity index (χ4n) is 7.62. The Kier molecular flexibility index (Phi) is 11.1. The lowest BCUT2D eigenvalue weighted by molar-refractivity contribution is -0.132. The van der Waals surface area contributed by atoms with Crippen LogP contribution >= 0.6 is 11.6 Å². The molecule has 1 aromatic heterocycles. The molecule has 6 rings (SSSR count). The predicted octanol–water partition coefficient (Wildman–Crippen LogP) is 6.19. The number of rotatable bonds is 11. The molecule has 0 radical (unpaired) electrons. The summed E-state index contributed by atoms with van der Waals surface area (Å²) in [5.74, 6) is 0.546. The van der Waals surface area contributed by atoms with Crippen LogP contribution in [0.3, 0.4) is 0 Å². The van der Waals surface area contributed by atoms with Gasteiger partial charge in [-0.25, -0.2) is 0 Å². The zero-order chi connectivity index (χ0) is 34.5. The van der Waals surface area contributed by atoms with Crippen molar-refractivity contribution in [3.63, 3.8) is 0 Å². The van der Waals surface area contributed by atoms with E-state index in [1.165, 1.54) is 0 Å². The maximum Gasteiger partial charge on any atom is 0.249 e. The molecule has 0 bridgehead atoms. The third-order valence-corrected chi connectivity index (χ3v) is 10.5. The fraction of sp³-hybridized carbons (Fsp3) is 0.425. The van der Waals surface area contributed by atoms with Crippen LogP contribution in [0, 0.1) is 18.8 Å². The fourth-order valence-corrected chi connectivity index (χ4v) is 7.82. The van der Waals surface area contributed by atoms with E-state index in [0.717, 1.165) is 71.1 Å². The number of hydrogen-bond donors (Lipinski definition) is 2. The molecule has 0 unspecified atom stereocenters. The number of piperidine rings is 1. The number of likely N-dealkylation sites (tertiary alicyclic amines) is 1. The second kappa shape index (κ2) is 15.6. The molecule has 1 fully saturated rings. The summed E-state index contributed by atoms with van der Waals surface area (Å²) in [6, 6.07) is 21.1. The highest BCUT2D eigenvalue weighted by Crippen LogP contribution is 2.33. The molecule has 0 spiro atoms. The number of benzene rings is 3. The van der Waals surface area contributed by atoms with Gasteiger partial charge in [-0.05, 0) is 105 Å². The normalized spacial score (nSPS) is 17.3. The number of fused-ring (bicyclic) bond motifs is 2. The van der Waals surface area contributed by atoms with Crippen molar-refractivity contribution in [2.45, 2.75) is 57.9 Å². The zero-order valence-electron chi connectivity index (χ0n) is 28.9. The molecule has 8 nitrogen and oxygen atoms in total. The molecule has 2 aliphatic heterocycles. The van der Waals surface area contributed by atoms with Crippen LogP contribution in [0.2, 0.25) is 5.02 Å². The molecule has 9 heteroatoms. The summed E-state index contributed by atoms with van der Waals surface area (Å²) >= 11 is 6.41. The average molecular weight is 682 g/mol. The number of hydrogen-bond acceptors (Lipinski definition) is 4. The first kappa shape index (κ1) is 34.7. The Morgan fingerprint density at radius 1 is 0.980 bits per heavy atom. The van der Waals surface area contributed by atoms with Crippen molar-refractivity contribution in [2.75, 3.05) is 45.2 Å². The van der Waals surface area contributed by atoms with Gasteiger partial charge in [-0.1, -0.05) is 54.1 Å². The van der Waals surface area contributed by atoms with Crippen LogP contribution in [0.4, 0.5) is 5.69 Å². The topological polar surface area (TPSA) is 88.8 Å². The van der Waals surface area contributed by atoms with E-state index in [1.54, 1.807) is 0 Å². The van der Waals surface area contributed by atoms with Crippen molar-refractivity contribution >= 4 is 45.9 Å². The van der Waals surface area contributed by atoms with Gasteiger partial charge in [0.1, 0.15) is 6.04 Å². The molecule has 1 saturated heterocycles. The van der Waals surface area contributed by atoms with E-state index >= 15 is 0 Å². The number of amides is 3. The van der Waals surface area contributed by atoms with E-state index in [1.807, 2.05) is 104 Å². The van der Waals surface area contributed by atoms with Crippen molar-refractivity contribution in [1.82, 2.24) is 20.1 Å². The highest BCUT2D eigenvalue weighted by Gasteiger charge is 2.34. The van der Waals surface area contributed by atoms with Gasteiger partial charge < -0.3 is 25.0 Å². The van der Waals surface area contributed by atoms with Crippen LogP contribution in [-0.4, -0.2) is 78.8 Å². The molecule has 0 saturated carbocycles. The first-order chi connectivity index (χ1) is 23.6. The lowest BCUT2D eigenvalue weighted by Gasteiger charge is -2.37. The van der Waals surface area contributed by atoms with Gasteiger partial charge in [0, 0.05) is 66.8 Å². The van der Waals surface area contributed by atoms with E-state index < -0.39 is 6.04 Å². The maximum absolute atomic E-state index is 14.5. The molecule has 258 valence electrons. The summed E-state index contributed by atoms with van der Waals surface area (Å²) in [6.07, 6.45) is 6.43. The Bertz CT molecular complexity index is 1790. The largest absolute Gasteiger partial charge is 0.361 e. The highest BCUT2D eigenvalue weighted by atomic mass is 35.5. The third kappa shape index (κ3) is 8.54. The van der Waals surface area contributed by atoms with Gasteiger partial charge in [-0.2, -0.15) is 0 Å². The minimum Gasteiger partial charge on any atom is -0.361 e. The van der Waals surface area contributed by atoms with Gasteiger partial charge in [0.15, 0.2) is 0 Å². The van der Waals surface area contributed by atoms with Crippen LogP contribution < -0.4 is 10.2 Å². The Morgan fingerprint density at radius 3 is 2.51 bits per heavy atom. The number of carbonyl (C=O) groups is 3. The summed E-state index contributed by atoms with van der Waals surface area (Å²) in [4.78, 5) is 50.5. The standard InChI is InChI=1S/C40H48ClN5O3/c1-27-8-4-5-9-30(27)23-39(48)45-18-16-28(17-19-45)12-15-38(47)43-36(22-32-24-42-35-11-7-6-10-34(32)35)40(49)46-26-29(25-44(2)3)20-31-21-33(41)13-14-37(31)46/h4-11,13-14,21,24,28-29,36,42H,12,15-20,22-23,25-26H2,1-3H3,(H,43,47)/t29-,36+/m0/s1. The summed E-state index contributed by atoms with van der Waals surface area (Å²) in [6.45, 7) is 4.89. The second-order valence-electron chi connectivity index (χ2n) is 14.2. The third-order valence-electron chi connectivity index (χ3n) is 10.3. The monoisotopic (exact) mass is 681 g/mol. The first-order valence-corrected chi connectivity index (χ1v) is 17.9. The van der Waals surface area contributed by atoms with E-state index in [0.29, 0.717) is 49.8 Å². The smallest absolute Gasteiger partial charge is 0.249 e. The number of para-hydroxylation sites is 1. The van der Waals surface area contributed by atoms with Gasteiger partial charge in [0.2, 0.25) is 17.7 Å². The van der Waals surface area contributed by atoms with Crippen LogP contribution in [-0.2, 0) is 33.6 Å². The summed E-state index contributed by atoms with van der Waals surface area (Å²) in [5, 5.41) is 4.87. The maximum atomic E-state index is 14.5. The molecular formula is C40H48ClN5O3. The van der Waals surface area contributed by atoms with Gasteiger partial charge in [0.25, 0.3) is 0 Å². The molecule has 0 aliphatic carbocycles. The minimum absolute atomic E-state index is 0.105. The number of aryl methyl sites for hydroxylation is 1. The predicted molar refractivity (Wildman–Crippen MR) is 197 cm³/mol. The van der Waals surface area contributed by atoms with E-state index in [4.69, 9.17) is 11.6 Å². The van der Waals surface area contributed by atoms with Crippen LogP contribution in [0.1, 0.15) is 47.9 Å². The SMILES string of the molecule is Cc1ccccc1CC(=O)N1CCC(CCC(=O)N[C@H](Cc2c[nH]c3ccccc23)C(=O)N2C[C@H](CN(C)C)Cc3cc(Cl)ccc32)CC1. The van der Waals surface area contributed by atoms with Crippen molar-refractivity contribution < 1.29 is 14.4 Å². The van der Waals surface area contributed by atoms with Crippen LogP contribution in [0.15, 0.2) is 72.9 Å². The summed E-state index contributed by atoms with van der Waals surface area (Å²) < 4.78 is 0. The van der Waals surface area contributed by atoms with E-state index in [9.17, 15) is 14.4 Å². The molecule has 2 atom stereocenters. The van der Waals surface area contributed by atoms with Crippen molar-refractivity contribution in [2.24, 2.45) is 11.8 Å². The number of H-pyrrole nitrogens is 1. The molecule has 2 N–H and O–H groups in total. The number of nitrogens with one attached hydrogen (secondary N) is 2. The van der Waals surface area contributed by atoms with Crippen molar-refractivity contribution in [3.8, 4) is 0 Å². The average Bonchev–Trinajstić information content (AvgIpc) is 3.49. The van der Waals surface area contributed by atoms with Crippen molar-refractivity contribution in [1.29, 1.82) is 0 Å². The molecule has 3 aromatic carbocycles. The minimum atomic E-state index is -0.728. The Labute approximate surface area is 294 Å². The molecule has 2 aliphatic rings. The van der Waals surface area contributed by atoms with Gasteiger partial charge in [-0.3, -0.25) is 14.4 Å². The van der Waals surface area contributed by atoms with E-state index in [2.05, 4.69) is 15.2 Å². The van der Waals surface area contributed by atoms with Crippen LogP contribution in [0.5, 0.6) is 0 Å². The highest BCUT2D eigenvalue weighted by molar-refractivity contribution is 6.30. The lowest BCUT2D eigenvalue weighted by atomic mass is 9.90. The molecule has 49 heavy (non-hydrogen) atoms. The number of halogens is 1. The van der Waals surface area contributed by atoms with Gasteiger partial charge in [0.05, 0.1) is 6.42 Å². The van der Waals surface area contributed by atoms with Crippen molar-refractivity contribution in [3.05, 3.63) is 100 Å². The van der Waals surface area contributed by atoms with Gasteiger partial charge >= 0.3 is 0 Å². The Hall–Kier alpha value is -4.14. The Morgan fingerprint density at radius 2 is 1.73 bits per heavy atom. The number of aromatic nitrogens is 1. The summed E-state index contributed by atoms with van der Waals surface area (Å²) in [5.41, 5.74) is 6.14. The number of carbonyl (C=O) groups excluding carboxylic acids is 3.